The van der Waals surface area contributed by atoms with E-state index in [1.807, 2.05) is 36.4 Å². The highest BCUT2D eigenvalue weighted by Crippen LogP contribution is 2.34. The standard InChI is InChI=1S/C15H16BrClN2O2/c1-20-12-3-4-13(14(8-12)21-2)15(19-18)9-5-10(16)7-11(17)6-9/h3-8,15,19H,18H2,1-2H3. The maximum absolute atomic E-state index is 6.11. The van der Waals surface area contributed by atoms with E-state index in [4.69, 9.17) is 26.9 Å². The quantitative estimate of drug-likeness (QED) is 0.622. The highest BCUT2D eigenvalue weighted by atomic mass is 79.9. The summed E-state index contributed by atoms with van der Waals surface area (Å²) in [4.78, 5) is 0. The van der Waals surface area contributed by atoms with Gasteiger partial charge in [-0.05, 0) is 35.9 Å². The number of halogens is 2. The van der Waals surface area contributed by atoms with Crippen LogP contribution >= 0.6 is 27.5 Å². The van der Waals surface area contributed by atoms with Crippen LogP contribution in [0.25, 0.3) is 0 Å². The second-order valence-corrected chi connectivity index (χ2v) is 5.76. The summed E-state index contributed by atoms with van der Waals surface area (Å²) >= 11 is 9.55. The number of ether oxygens (including phenoxy) is 2. The Kier molecular flexibility index (Phi) is 5.47. The normalized spacial score (nSPS) is 12.0. The minimum atomic E-state index is -0.249. The van der Waals surface area contributed by atoms with Gasteiger partial charge in [0.2, 0.25) is 0 Å². The van der Waals surface area contributed by atoms with Crippen LogP contribution in [0.2, 0.25) is 5.02 Å². The predicted octanol–water partition coefficient (Wildman–Crippen LogP) is 3.67. The van der Waals surface area contributed by atoms with E-state index >= 15 is 0 Å². The summed E-state index contributed by atoms with van der Waals surface area (Å²) in [6, 6.07) is 11.0. The number of hydrogen-bond donors (Lipinski definition) is 2. The van der Waals surface area contributed by atoms with Crippen molar-refractivity contribution in [2.45, 2.75) is 6.04 Å². The van der Waals surface area contributed by atoms with Gasteiger partial charge in [0.05, 0.1) is 20.3 Å². The van der Waals surface area contributed by atoms with Gasteiger partial charge in [-0.1, -0.05) is 27.5 Å². The van der Waals surface area contributed by atoms with Gasteiger partial charge in [0.15, 0.2) is 0 Å². The Labute approximate surface area is 137 Å². The highest BCUT2D eigenvalue weighted by molar-refractivity contribution is 9.10. The predicted molar refractivity (Wildman–Crippen MR) is 87.9 cm³/mol. The van der Waals surface area contributed by atoms with Crippen LogP contribution in [-0.2, 0) is 0 Å². The van der Waals surface area contributed by atoms with E-state index in [0.29, 0.717) is 10.8 Å². The number of benzene rings is 2. The Bertz CT molecular complexity index is 617. The lowest BCUT2D eigenvalue weighted by atomic mass is 9.98. The Morgan fingerprint density at radius 2 is 1.90 bits per heavy atom. The molecule has 4 nitrogen and oxygen atoms in total. The molecule has 0 aliphatic heterocycles. The minimum absolute atomic E-state index is 0.249. The van der Waals surface area contributed by atoms with Crippen LogP contribution in [0.3, 0.4) is 0 Å². The van der Waals surface area contributed by atoms with Gasteiger partial charge < -0.3 is 9.47 Å². The fourth-order valence-electron chi connectivity index (χ4n) is 2.16. The molecule has 1 atom stereocenters. The molecule has 0 aliphatic rings. The van der Waals surface area contributed by atoms with Crippen molar-refractivity contribution in [2.75, 3.05) is 14.2 Å². The van der Waals surface area contributed by atoms with Crippen molar-refractivity contribution in [2.24, 2.45) is 5.84 Å². The number of methoxy groups -OCH3 is 2. The van der Waals surface area contributed by atoms with E-state index in [1.165, 1.54) is 0 Å². The van der Waals surface area contributed by atoms with Gasteiger partial charge in [-0.3, -0.25) is 5.84 Å². The average molecular weight is 372 g/mol. The lowest BCUT2D eigenvalue weighted by Gasteiger charge is -2.20. The van der Waals surface area contributed by atoms with E-state index in [2.05, 4.69) is 21.4 Å². The lowest BCUT2D eigenvalue weighted by Crippen LogP contribution is -2.29. The van der Waals surface area contributed by atoms with Gasteiger partial charge in [0.1, 0.15) is 11.5 Å². The smallest absolute Gasteiger partial charge is 0.127 e. The summed E-state index contributed by atoms with van der Waals surface area (Å²) in [7, 11) is 3.22. The van der Waals surface area contributed by atoms with E-state index in [9.17, 15) is 0 Å². The van der Waals surface area contributed by atoms with Gasteiger partial charge in [-0.2, -0.15) is 0 Å². The number of hydrogen-bond acceptors (Lipinski definition) is 4. The van der Waals surface area contributed by atoms with Crippen molar-refractivity contribution in [1.29, 1.82) is 0 Å². The number of nitrogens with two attached hydrogens (primary N) is 1. The van der Waals surface area contributed by atoms with Crippen molar-refractivity contribution in [1.82, 2.24) is 5.43 Å². The van der Waals surface area contributed by atoms with Gasteiger partial charge >= 0.3 is 0 Å². The Morgan fingerprint density at radius 3 is 2.48 bits per heavy atom. The molecule has 0 saturated heterocycles. The second kappa shape index (κ2) is 7.13. The zero-order chi connectivity index (χ0) is 15.4. The molecule has 1 unspecified atom stereocenters. The Morgan fingerprint density at radius 1 is 1.14 bits per heavy atom. The molecule has 3 N–H and O–H groups in total. The molecule has 0 aliphatic carbocycles. The summed E-state index contributed by atoms with van der Waals surface area (Å²) in [5, 5.41) is 0.632. The molecule has 112 valence electrons. The molecular weight excluding hydrogens is 356 g/mol. The van der Waals surface area contributed by atoms with Crippen LogP contribution in [0.5, 0.6) is 11.5 Å². The third-order valence-electron chi connectivity index (χ3n) is 3.14. The first-order chi connectivity index (χ1) is 10.1. The summed E-state index contributed by atoms with van der Waals surface area (Å²) < 4.78 is 11.5. The monoisotopic (exact) mass is 370 g/mol. The van der Waals surface area contributed by atoms with Crippen LogP contribution in [0.1, 0.15) is 17.2 Å². The van der Waals surface area contributed by atoms with E-state index in [0.717, 1.165) is 21.3 Å². The fourth-order valence-corrected chi connectivity index (χ4v) is 3.05. The van der Waals surface area contributed by atoms with E-state index in [-0.39, 0.29) is 6.04 Å². The topological polar surface area (TPSA) is 56.5 Å². The Hall–Kier alpha value is -1.27. The third-order valence-corrected chi connectivity index (χ3v) is 3.81. The molecule has 2 aromatic carbocycles. The van der Waals surface area contributed by atoms with Gasteiger partial charge in [-0.25, -0.2) is 5.43 Å². The molecule has 0 heterocycles. The zero-order valence-corrected chi connectivity index (χ0v) is 14.0. The van der Waals surface area contributed by atoms with Crippen molar-refractivity contribution in [3.05, 3.63) is 57.0 Å². The molecule has 6 heteroatoms. The number of nitrogens with one attached hydrogen (secondary N) is 1. The molecule has 21 heavy (non-hydrogen) atoms. The molecule has 0 fully saturated rings. The molecule has 2 rings (SSSR count). The second-order valence-electron chi connectivity index (χ2n) is 4.41. The number of hydrazine groups is 1. The molecule has 0 aromatic heterocycles. The summed E-state index contributed by atoms with van der Waals surface area (Å²) in [5.74, 6) is 7.15. The van der Waals surface area contributed by atoms with Crippen molar-refractivity contribution < 1.29 is 9.47 Å². The van der Waals surface area contributed by atoms with Crippen LogP contribution in [0.15, 0.2) is 40.9 Å². The average Bonchev–Trinajstić information content (AvgIpc) is 2.47. The molecule has 0 saturated carbocycles. The number of rotatable bonds is 5. The van der Waals surface area contributed by atoms with Crippen LogP contribution in [-0.4, -0.2) is 14.2 Å². The van der Waals surface area contributed by atoms with Crippen molar-refractivity contribution in [3.8, 4) is 11.5 Å². The maximum Gasteiger partial charge on any atom is 0.127 e. The highest BCUT2D eigenvalue weighted by Gasteiger charge is 2.18. The van der Waals surface area contributed by atoms with Crippen LogP contribution < -0.4 is 20.7 Å². The van der Waals surface area contributed by atoms with Crippen molar-refractivity contribution >= 4 is 27.5 Å². The van der Waals surface area contributed by atoms with E-state index in [1.54, 1.807) is 14.2 Å². The van der Waals surface area contributed by atoms with E-state index < -0.39 is 0 Å². The van der Waals surface area contributed by atoms with Gasteiger partial charge in [-0.15, -0.1) is 0 Å². The molecular formula is C15H16BrClN2O2. The summed E-state index contributed by atoms with van der Waals surface area (Å²) in [5.41, 5.74) is 4.63. The third kappa shape index (κ3) is 3.68. The summed E-state index contributed by atoms with van der Waals surface area (Å²) in [6.45, 7) is 0. The lowest BCUT2D eigenvalue weighted by molar-refractivity contribution is 0.387. The molecule has 0 amide bonds. The minimum Gasteiger partial charge on any atom is -0.497 e. The molecule has 2 aromatic rings. The Balaban J connectivity index is 2.50. The first-order valence-corrected chi connectivity index (χ1v) is 7.40. The van der Waals surface area contributed by atoms with Crippen LogP contribution in [0, 0.1) is 0 Å². The largest absolute Gasteiger partial charge is 0.497 e. The zero-order valence-electron chi connectivity index (χ0n) is 11.7. The first-order valence-electron chi connectivity index (χ1n) is 6.23. The summed E-state index contributed by atoms with van der Waals surface area (Å²) in [6.07, 6.45) is 0. The van der Waals surface area contributed by atoms with Gasteiger partial charge in [0.25, 0.3) is 0 Å². The molecule has 0 bridgehead atoms. The first kappa shape index (κ1) is 16.1. The fraction of sp³-hybridized carbons (Fsp3) is 0.200. The maximum atomic E-state index is 6.11. The van der Waals surface area contributed by atoms with Crippen LogP contribution in [0.4, 0.5) is 0 Å². The molecule has 0 spiro atoms. The molecule has 0 radical (unpaired) electrons. The van der Waals surface area contributed by atoms with Gasteiger partial charge in [0, 0.05) is 21.1 Å². The SMILES string of the molecule is COc1ccc(C(NN)c2cc(Cl)cc(Br)c2)c(OC)c1. The van der Waals surface area contributed by atoms with Crippen molar-refractivity contribution in [3.63, 3.8) is 0 Å².